The first-order chi connectivity index (χ1) is 14.5. The van der Waals surface area contributed by atoms with Crippen LogP contribution in [-0.2, 0) is 0 Å². The van der Waals surface area contributed by atoms with Crippen LogP contribution in [0.5, 0.6) is 5.75 Å². The number of piperidine rings is 1. The summed E-state index contributed by atoms with van der Waals surface area (Å²) in [7, 11) is 1.68. The fourth-order valence-corrected chi connectivity index (χ4v) is 3.69. The Morgan fingerprint density at radius 2 is 1.87 bits per heavy atom. The Bertz CT molecular complexity index is 1040. The summed E-state index contributed by atoms with van der Waals surface area (Å²) in [6.07, 6.45) is 5.00. The lowest BCUT2D eigenvalue weighted by molar-refractivity contribution is 0.262. The van der Waals surface area contributed by atoms with Gasteiger partial charge in [0.25, 0.3) is 0 Å². The molecule has 2 fully saturated rings. The fraction of sp³-hybridized carbons (Fsp3) is 0.500. The van der Waals surface area contributed by atoms with E-state index in [1.165, 1.54) is 0 Å². The van der Waals surface area contributed by atoms with Crippen molar-refractivity contribution >= 4 is 11.5 Å². The number of fused-ring (bicyclic) bond motifs is 1. The second-order valence-corrected chi connectivity index (χ2v) is 8.07. The van der Waals surface area contributed by atoms with Crippen molar-refractivity contribution in [3.05, 3.63) is 35.2 Å². The molecule has 3 aromatic heterocycles. The number of hydrogen-bond acceptors (Lipinski definition) is 6. The largest absolute Gasteiger partial charge is 0.495 e. The molecule has 7 nitrogen and oxygen atoms in total. The highest BCUT2D eigenvalue weighted by molar-refractivity contribution is 5.66. The third kappa shape index (κ3) is 4.23. The molecule has 5 rings (SSSR count). The highest BCUT2D eigenvalue weighted by Gasteiger charge is 2.30. The Balaban J connectivity index is 0.000000265. The molecule has 8 heteroatoms. The number of hydrogen-bond donors (Lipinski definition) is 2. The number of nitrogen functional groups attached to an aromatic ring is 1. The van der Waals surface area contributed by atoms with Crippen LogP contribution in [0.25, 0.3) is 17.0 Å². The molecule has 30 heavy (non-hydrogen) atoms. The lowest BCUT2D eigenvalue weighted by atomic mass is 10.1. The van der Waals surface area contributed by atoms with Crippen LogP contribution in [0.15, 0.2) is 18.3 Å². The molecule has 2 aliphatic rings. The van der Waals surface area contributed by atoms with Crippen molar-refractivity contribution in [2.45, 2.75) is 51.6 Å². The minimum Gasteiger partial charge on any atom is -0.495 e. The van der Waals surface area contributed by atoms with Gasteiger partial charge in [0.2, 0.25) is 0 Å². The molecule has 1 aliphatic carbocycles. The minimum absolute atomic E-state index is 0.488. The zero-order chi connectivity index (χ0) is 21.3. The first-order valence-corrected chi connectivity index (χ1v) is 10.5. The first kappa shape index (κ1) is 20.5. The number of imidazole rings is 1. The Labute approximate surface area is 175 Å². The molecular weight excluding hydrogens is 383 g/mol. The number of aromatic nitrogens is 4. The van der Waals surface area contributed by atoms with Crippen LogP contribution >= 0.6 is 0 Å². The summed E-state index contributed by atoms with van der Waals surface area (Å²) in [5, 5.41) is 7.86. The van der Waals surface area contributed by atoms with Crippen LogP contribution in [0.4, 0.5) is 10.2 Å². The Morgan fingerprint density at radius 1 is 1.13 bits per heavy atom. The van der Waals surface area contributed by atoms with Crippen LogP contribution in [0.1, 0.15) is 48.4 Å². The maximum atomic E-state index is 12.1. The van der Waals surface area contributed by atoms with Gasteiger partial charge in [-0.3, -0.25) is 0 Å². The zero-order valence-corrected chi connectivity index (χ0v) is 17.8. The third-order valence-electron chi connectivity index (χ3n) is 5.62. The number of nitrogens with zero attached hydrogens (tertiary/aromatic N) is 4. The van der Waals surface area contributed by atoms with E-state index in [1.807, 2.05) is 30.5 Å². The van der Waals surface area contributed by atoms with Gasteiger partial charge in [0, 0.05) is 12.0 Å². The van der Waals surface area contributed by atoms with E-state index in [-0.39, 0.29) is 0 Å². The average molecular weight is 413 g/mol. The van der Waals surface area contributed by atoms with Gasteiger partial charge in [0.15, 0.2) is 5.65 Å². The van der Waals surface area contributed by atoms with Gasteiger partial charge in [0.05, 0.1) is 19.0 Å². The summed E-state index contributed by atoms with van der Waals surface area (Å²) in [4.78, 5) is 9.00. The second-order valence-electron chi connectivity index (χ2n) is 8.07. The van der Waals surface area contributed by atoms with Crippen molar-refractivity contribution in [2.75, 3.05) is 25.9 Å². The predicted molar refractivity (Wildman–Crippen MR) is 116 cm³/mol. The molecule has 0 atom stereocenters. The fourth-order valence-electron chi connectivity index (χ4n) is 3.69. The third-order valence-corrected chi connectivity index (χ3v) is 5.62. The number of pyridine rings is 1. The van der Waals surface area contributed by atoms with Gasteiger partial charge in [-0.25, -0.2) is 18.9 Å². The van der Waals surface area contributed by atoms with Crippen molar-refractivity contribution in [3.8, 4) is 17.1 Å². The highest BCUT2D eigenvalue weighted by atomic mass is 19.1. The van der Waals surface area contributed by atoms with Crippen molar-refractivity contribution < 1.29 is 9.13 Å². The summed E-state index contributed by atoms with van der Waals surface area (Å²) in [6.45, 7) is 5.71. The van der Waals surface area contributed by atoms with E-state index < -0.39 is 6.17 Å². The molecule has 0 amide bonds. The maximum Gasteiger partial charge on any atom is 0.157 e. The maximum absolute atomic E-state index is 12.1. The van der Waals surface area contributed by atoms with Gasteiger partial charge >= 0.3 is 0 Å². The van der Waals surface area contributed by atoms with E-state index in [0.717, 1.165) is 65.5 Å². The van der Waals surface area contributed by atoms with Gasteiger partial charge in [-0.05, 0) is 63.7 Å². The Morgan fingerprint density at radius 3 is 2.47 bits per heavy atom. The van der Waals surface area contributed by atoms with E-state index >= 15 is 0 Å². The monoisotopic (exact) mass is 412 g/mol. The Hall–Kier alpha value is -2.74. The highest BCUT2D eigenvalue weighted by Crippen LogP contribution is 2.43. The molecule has 1 saturated heterocycles. The van der Waals surface area contributed by atoms with Gasteiger partial charge in [-0.15, -0.1) is 0 Å². The van der Waals surface area contributed by atoms with Crippen LogP contribution in [0, 0.1) is 13.8 Å². The number of ether oxygens (including phenoxy) is 1. The number of aryl methyl sites for hydroxylation is 2. The van der Waals surface area contributed by atoms with Crippen LogP contribution in [-0.4, -0.2) is 46.0 Å². The molecule has 0 radical (unpaired) electrons. The van der Waals surface area contributed by atoms with Crippen molar-refractivity contribution in [1.29, 1.82) is 0 Å². The number of anilines is 1. The molecule has 3 aromatic rings. The lowest BCUT2D eigenvalue weighted by Gasteiger charge is -2.14. The van der Waals surface area contributed by atoms with E-state index in [1.54, 1.807) is 13.3 Å². The molecule has 0 bridgehead atoms. The molecule has 0 unspecified atom stereocenters. The van der Waals surface area contributed by atoms with Gasteiger partial charge < -0.3 is 15.8 Å². The summed E-state index contributed by atoms with van der Waals surface area (Å²) in [6, 6.07) is 3.99. The summed E-state index contributed by atoms with van der Waals surface area (Å²) in [5.41, 5.74) is 11.5. The molecule has 0 aromatic carbocycles. The van der Waals surface area contributed by atoms with Crippen molar-refractivity contribution in [2.24, 2.45) is 0 Å². The standard InChI is InChI=1S/C17H19N5O.C5H10FN/c1-9-6-10(2)17(18)20-15(9)12-8-19-14-7-13(23-3)16(11-4-5-11)21-22(12)14;6-5-1-3-7-4-2-5/h6-8,11H,4-5H2,1-3H3,(H2,18,20);5,7H,1-4H2. The second kappa shape index (κ2) is 8.55. The smallest absolute Gasteiger partial charge is 0.157 e. The quantitative estimate of drug-likeness (QED) is 0.683. The Kier molecular flexibility index (Phi) is 5.85. The van der Waals surface area contributed by atoms with Gasteiger partial charge in [0.1, 0.15) is 29.1 Å². The van der Waals surface area contributed by atoms with E-state index in [0.29, 0.717) is 24.6 Å². The van der Waals surface area contributed by atoms with E-state index in [2.05, 4.69) is 15.3 Å². The van der Waals surface area contributed by atoms with E-state index in [4.69, 9.17) is 15.6 Å². The van der Waals surface area contributed by atoms with Crippen molar-refractivity contribution in [1.82, 2.24) is 24.9 Å². The number of rotatable bonds is 3. The lowest BCUT2D eigenvalue weighted by Crippen LogP contribution is -2.28. The van der Waals surface area contributed by atoms with Crippen LogP contribution in [0.2, 0.25) is 0 Å². The molecule has 0 spiro atoms. The molecule has 4 heterocycles. The number of halogens is 1. The molecular formula is C22H29FN6O. The molecule has 3 N–H and O–H groups in total. The molecule has 1 saturated carbocycles. The first-order valence-electron chi connectivity index (χ1n) is 10.5. The molecule has 1 aliphatic heterocycles. The van der Waals surface area contributed by atoms with E-state index in [9.17, 15) is 4.39 Å². The minimum atomic E-state index is -0.527. The SMILES string of the molecule is COc1cc2ncc(-c3nc(N)c(C)cc3C)n2nc1C1CC1.FC1CCNCC1. The predicted octanol–water partition coefficient (Wildman–Crippen LogP) is 3.58. The summed E-state index contributed by atoms with van der Waals surface area (Å²) >= 11 is 0. The van der Waals surface area contributed by atoms with Crippen LogP contribution < -0.4 is 15.8 Å². The number of nitrogens with one attached hydrogen (secondary N) is 1. The normalized spacial score (nSPS) is 16.9. The topological polar surface area (TPSA) is 90.4 Å². The van der Waals surface area contributed by atoms with Gasteiger partial charge in [-0.2, -0.15) is 5.10 Å². The number of methoxy groups -OCH3 is 1. The summed E-state index contributed by atoms with van der Waals surface area (Å²) in [5.74, 6) is 1.84. The number of nitrogens with two attached hydrogens (primary N) is 1. The van der Waals surface area contributed by atoms with Crippen molar-refractivity contribution in [3.63, 3.8) is 0 Å². The number of alkyl halides is 1. The average Bonchev–Trinajstić information content (AvgIpc) is 3.51. The van der Waals surface area contributed by atoms with Gasteiger partial charge in [-0.1, -0.05) is 6.07 Å². The zero-order valence-electron chi connectivity index (χ0n) is 17.8. The van der Waals surface area contributed by atoms with Crippen LogP contribution in [0.3, 0.4) is 0 Å². The molecule has 160 valence electrons. The summed E-state index contributed by atoms with van der Waals surface area (Å²) < 4.78 is 19.5.